The molecule has 2 fully saturated rings. The molecule has 0 N–H and O–H groups in total. The molecule has 0 radical (unpaired) electrons. The van der Waals surface area contributed by atoms with Gasteiger partial charge in [-0.15, -0.1) is 0 Å². The lowest BCUT2D eigenvalue weighted by Gasteiger charge is -2.30. The Labute approximate surface area is 47.6 Å². The standard InChI is InChI=1S/C4H2F4O/c5-3(6)1-2(9-1)4(3,7)8/h1-2H/t1-,2?/m0/s1. The van der Waals surface area contributed by atoms with Gasteiger partial charge in [-0.25, -0.2) is 0 Å². The van der Waals surface area contributed by atoms with E-state index in [1.165, 1.54) is 0 Å². The van der Waals surface area contributed by atoms with Crippen LogP contribution in [0, 0.1) is 0 Å². The van der Waals surface area contributed by atoms with Gasteiger partial charge in [-0.1, -0.05) is 0 Å². The van der Waals surface area contributed by atoms with Gasteiger partial charge in [0.1, 0.15) is 0 Å². The minimum atomic E-state index is -3.91. The van der Waals surface area contributed by atoms with Crippen molar-refractivity contribution < 1.29 is 22.3 Å². The molecule has 1 saturated carbocycles. The van der Waals surface area contributed by atoms with E-state index in [0.29, 0.717) is 0 Å². The van der Waals surface area contributed by atoms with Crippen molar-refractivity contribution in [1.29, 1.82) is 0 Å². The highest BCUT2D eigenvalue weighted by molar-refractivity contribution is 5.22. The predicted molar refractivity (Wildman–Crippen MR) is 18.6 cm³/mol. The highest BCUT2D eigenvalue weighted by atomic mass is 19.3. The van der Waals surface area contributed by atoms with Crippen molar-refractivity contribution in [3.05, 3.63) is 0 Å². The molecular formula is C4H2F4O. The Kier molecular flexibility index (Phi) is 0.596. The summed E-state index contributed by atoms with van der Waals surface area (Å²) < 4.78 is 51.5. The van der Waals surface area contributed by atoms with E-state index in [0.717, 1.165) is 0 Å². The maximum Gasteiger partial charge on any atom is 0.341 e. The van der Waals surface area contributed by atoms with Crippen LogP contribution in [0.25, 0.3) is 0 Å². The lowest BCUT2D eigenvalue weighted by molar-refractivity contribution is -0.247. The summed E-state index contributed by atoms with van der Waals surface area (Å²) in [5.74, 6) is -7.81. The third-order valence-electron chi connectivity index (χ3n) is 1.65. The maximum atomic E-state index is 11.9. The van der Waals surface area contributed by atoms with Gasteiger partial charge in [0.15, 0.2) is 12.2 Å². The normalized spacial score (nSPS) is 49.3. The molecule has 0 spiro atoms. The number of halogens is 4. The van der Waals surface area contributed by atoms with Crippen LogP contribution in [0.5, 0.6) is 0 Å². The Morgan fingerprint density at radius 2 is 1.22 bits per heavy atom. The highest BCUT2D eigenvalue weighted by Crippen LogP contribution is 2.63. The van der Waals surface area contributed by atoms with E-state index in [-0.39, 0.29) is 0 Å². The largest absolute Gasteiger partial charge is 0.356 e. The van der Waals surface area contributed by atoms with Crippen LogP contribution in [0.3, 0.4) is 0 Å². The molecule has 1 aliphatic heterocycles. The van der Waals surface area contributed by atoms with Crippen LogP contribution in [0.15, 0.2) is 0 Å². The van der Waals surface area contributed by atoms with E-state index < -0.39 is 24.1 Å². The molecule has 1 saturated heterocycles. The molecule has 1 heterocycles. The lowest BCUT2D eigenvalue weighted by atomic mass is 9.90. The molecule has 0 aromatic rings. The van der Waals surface area contributed by atoms with Crippen molar-refractivity contribution in [2.24, 2.45) is 0 Å². The van der Waals surface area contributed by atoms with Gasteiger partial charge in [-0.2, -0.15) is 17.6 Å². The van der Waals surface area contributed by atoms with E-state index in [1.54, 1.807) is 0 Å². The minimum Gasteiger partial charge on any atom is -0.356 e. The SMILES string of the molecule is FC1(F)C2O[C@@H]2C1(F)F. The molecule has 5 heteroatoms. The van der Waals surface area contributed by atoms with Gasteiger partial charge >= 0.3 is 11.8 Å². The molecule has 1 aliphatic carbocycles. The summed E-state index contributed by atoms with van der Waals surface area (Å²) in [4.78, 5) is 0. The number of hydrogen-bond acceptors (Lipinski definition) is 1. The Morgan fingerprint density at radius 1 is 0.889 bits per heavy atom. The highest BCUT2D eigenvalue weighted by Gasteiger charge is 2.89. The smallest absolute Gasteiger partial charge is 0.341 e. The molecule has 2 rings (SSSR count). The Bertz CT molecular complexity index is 148. The van der Waals surface area contributed by atoms with Crippen molar-refractivity contribution in [2.45, 2.75) is 24.1 Å². The fourth-order valence-corrected chi connectivity index (χ4v) is 0.947. The molecule has 2 aliphatic rings. The summed E-state index contributed by atoms with van der Waals surface area (Å²) >= 11 is 0. The van der Waals surface area contributed by atoms with Gasteiger partial charge in [0.2, 0.25) is 0 Å². The molecule has 9 heavy (non-hydrogen) atoms. The van der Waals surface area contributed by atoms with Gasteiger partial charge in [0, 0.05) is 0 Å². The summed E-state index contributed by atoms with van der Waals surface area (Å²) in [7, 11) is 0. The Hall–Kier alpha value is -0.320. The van der Waals surface area contributed by atoms with Crippen molar-refractivity contribution >= 4 is 0 Å². The minimum absolute atomic E-state index is 1.49. The molecule has 52 valence electrons. The van der Waals surface area contributed by atoms with E-state index in [4.69, 9.17) is 0 Å². The summed E-state index contributed by atoms with van der Waals surface area (Å²) in [5, 5.41) is 0. The second kappa shape index (κ2) is 0.982. The van der Waals surface area contributed by atoms with Crippen LogP contribution in [0.1, 0.15) is 0 Å². The predicted octanol–water partition coefficient (Wildman–Crippen LogP) is 1.04. The number of epoxide rings is 1. The number of rotatable bonds is 0. The van der Waals surface area contributed by atoms with E-state index >= 15 is 0 Å². The summed E-state index contributed by atoms with van der Waals surface area (Å²) in [6.45, 7) is 0. The zero-order valence-electron chi connectivity index (χ0n) is 4.07. The number of ether oxygens (including phenoxy) is 1. The number of hydrogen-bond donors (Lipinski definition) is 0. The molecule has 0 amide bonds. The van der Waals surface area contributed by atoms with E-state index in [9.17, 15) is 17.6 Å². The zero-order valence-corrected chi connectivity index (χ0v) is 4.07. The monoisotopic (exact) mass is 142 g/mol. The second-order valence-corrected chi connectivity index (χ2v) is 2.22. The van der Waals surface area contributed by atoms with E-state index in [1.807, 2.05) is 0 Å². The van der Waals surface area contributed by atoms with Crippen LogP contribution in [0.4, 0.5) is 17.6 Å². The van der Waals surface area contributed by atoms with Crippen LogP contribution < -0.4 is 0 Å². The molecule has 0 bridgehead atoms. The van der Waals surface area contributed by atoms with Crippen LogP contribution >= 0.6 is 0 Å². The topological polar surface area (TPSA) is 12.5 Å². The zero-order chi connectivity index (χ0) is 6.86. The molecular weight excluding hydrogens is 140 g/mol. The van der Waals surface area contributed by atoms with Gasteiger partial charge in [-0.3, -0.25) is 0 Å². The summed E-state index contributed by atoms with van der Waals surface area (Å²) in [6, 6.07) is 0. The molecule has 1 nitrogen and oxygen atoms in total. The van der Waals surface area contributed by atoms with Gasteiger partial charge in [0.05, 0.1) is 0 Å². The number of fused-ring (bicyclic) bond motifs is 1. The van der Waals surface area contributed by atoms with E-state index in [2.05, 4.69) is 4.74 Å². The average molecular weight is 142 g/mol. The van der Waals surface area contributed by atoms with Crippen LogP contribution in [0.2, 0.25) is 0 Å². The third-order valence-corrected chi connectivity index (χ3v) is 1.65. The van der Waals surface area contributed by atoms with Crippen molar-refractivity contribution in [2.75, 3.05) is 0 Å². The second-order valence-electron chi connectivity index (χ2n) is 2.22. The van der Waals surface area contributed by atoms with Crippen LogP contribution in [-0.2, 0) is 4.74 Å². The molecule has 2 atom stereocenters. The fourth-order valence-electron chi connectivity index (χ4n) is 0.947. The molecule has 0 aromatic carbocycles. The number of alkyl halides is 4. The Balaban J connectivity index is 2.29. The van der Waals surface area contributed by atoms with Crippen molar-refractivity contribution in [3.8, 4) is 0 Å². The maximum absolute atomic E-state index is 11.9. The van der Waals surface area contributed by atoms with Crippen LogP contribution in [-0.4, -0.2) is 24.1 Å². The van der Waals surface area contributed by atoms with Gasteiger partial charge < -0.3 is 4.74 Å². The first-order valence-electron chi connectivity index (χ1n) is 2.39. The molecule has 0 aromatic heterocycles. The van der Waals surface area contributed by atoms with Gasteiger partial charge in [-0.05, 0) is 0 Å². The Morgan fingerprint density at radius 3 is 1.33 bits per heavy atom. The average Bonchev–Trinajstić information content (AvgIpc) is 2.38. The summed E-state index contributed by atoms with van der Waals surface area (Å²) in [6.07, 6.45) is -2.99. The fraction of sp³-hybridized carbons (Fsp3) is 1.00. The third kappa shape index (κ3) is 0.348. The lowest BCUT2D eigenvalue weighted by Crippen LogP contribution is -2.59. The first-order valence-corrected chi connectivity index (χ1v) is 2.39. The molecule has 1 unspecified atom stereocenters. The van der Waals surface area contributed by atoms with Crippen molar-refractivity contribution in [3.63, 3.8) is 0 Å². The van der Waals surface area contributed by atoms with Crippen molar-refractivity contribution in [1.82, 2.24) is 0 Å². The quantitative estimate of drug-likeness (QED) is 0.363. The first kappa shape index (κ1) is 5.46. The first-order chi connectivity index (χ1) is 3.98. The van der Waals surface area contributed by atoms with Gasteiger partial charge in [0.25, 0.3) is 0 Å². The summed E-state index contributed by atoms with van der Waals surface area (Å²) in [5.41, 5.74) is 0.